The van der Waals surface area contributed by atoms with E-state index in [4.69, 9.17) is 9.15 Å². The summed E-state index contributed by atoms with van der Waals surface area (Å²) in [6.07, 6.45) is -0.135. The summed E-state index contributed by atoms with van der Waals surface area (Å²) in [5, 5.41) is 17.3. The maximum Gasteiger partial charge on any atom is 0.304 e. The number of carboxylic acid groups (broad SMARTS) is 1. The van der Waals surface area contributed by atoms with Crippen molar-refractivity contribution in [3.8, 4) is 16.9 Å². The zero-order chi connectivity index (χ0) is 21.2. The van der Waals surface area contributed by atoms with Gasteiger partial charge < -0.3 is 14.3 Å². The Morgan fingerprint density at radius 1 is 1.17 bits per heavy atom. The van der Waals surface area contributed by atoms with E-state index in [0.29, 0.717) is 11.8 Å². The van der Waals surface area contributed by atoms with Gasteiger partial charge in [0.2, 0.25) is 11.8 Å². The summed E-state index contributed by atoms with van der Waals surface area (Å²) in [5.41, 5.74) is 3.88. The molecule has 1 unspecified atom stereocenters. The number of rotatable bonds is 6. The highest BCUT2D eigenvalue weighted by Gasteiger charge is 2.24. The van der Waals surface area contributed by atoms with Gasteiger partial charge in [0.15, 0.2) is 0 Å². The van der Waals surface area contributed by atoms with Crippen LogP contribution in [0.3, 0.4) is 0 Å². The summed E-state index contributed by atoms with van der Waals surface area (Å²) in [7, 11) is 1.65. The fourth-order valence-electron chi connectivity index (χ4n) is 3.30. The van der Waals surface area contributed by atoms with Crippen molar-refractivity contribution in [3.05, 3.63) is 65.4 Å². The van der Waals surface area contributed by atoms with Crippen molar-refractivity contribution >= 4 is 5.97 Å². The number of aliphatic carboxylic acids is 1. The Balaban J connectivity index is 2.10. The monoisotopic (exact) mass is 394 g/mol. The van der Waals surface area contributed by atoms with Gasteiger partial charge >= 0.3 is 5.97 Å². The van der Waals surface area contributed by atoms with Crippen molar-refractivity contribution in [3.63, 3.8) is 0 Å². The smallest absolute Gasteiger partial charge is 0.304 e. The molecule has 0 fully saturated rings. The number of aryl methyl sites for hydroxylation is 1. The van der Waals surface area contributed by atoms with Gasteiger partial charge in [-0.2, -0.15) is 0 Å². The van der Waals surface area contributed by atoms with Crippen LogP contribution in [0, 0.1) is 6.92 Å². The van der Waals surface area contributed by atoms with E-state index in [1.54, 1.807) is 14.0 Å². The minimum atomic E-state index is -0.927. The Labute approximate surface area is 170 Å². The molecule has 1 aromatic heterocycles. The van der Waals surface area contributed by atoms with Crippen LogP contribution in [0.2, 0.25) is 0 Å². The Morgan fingerprint density at radius 2 is 1.93 bits per heavy atom. The van der Waals surface area contributed by atoms with Crippen molar-refractivity contribution in [2.45, 2.75) is 45.4 Å². The molecule has 0 saturated carbocycles. The van der Waals surface area contributed by atoms with Gasteiger partial charge in [-0.25, -0.2) is 0 Å². The molecule has 0 radical (unpaired) electrons. The number of ether oxygens (including phenoxy) is 1. The standard InChI is InChI=1S/C23H26N2O4/c1-14-24-25-22(29-14)19(13-21(26)27)16-8-6-7-15(11-16)18-12-17(23(2,3)4)9-10-20(18)28-5/h6-12,19H,13H2,1-5H3,(H,26,27). The molecule has 3 aromatic rings. The second-order valence-corrected chi connectivity index (χ2v) is 8.10. The van der Waals surface area contributed by atoms with Crippen LogP contribution in [0.15, 0.2) is 46.9 Å². The molecule has 0 amide bonds. The van der Waals surface area contributed by atoms with Crippen LogP contribution in [0.4, 0.5) is 0 Å². The van der Waals surface area contributed by atoms with Crippen molar-refractivity contribution < 1.29 is 19.1 Å². The van der Waals surface area contributed by atoms with Gasteiger partial charge in [0.1, 0.15) is 5.75 Å². The third kappa shape index (κ3) is 4.65. The lowest BCUT2D eigenvalue weighted by molar-refractivity contribution is -0.137. The number of aromatic nitrogens is 2. The first-order chi connectivity index (χ1) is 13.7. The third-order valence-electron chi connectivity index (χ3n) is 4.88. The normalized spacial score (nSPS) is 12.6. The van der Waals surface area contributed by atoms with E-state index in [1.165, 1.54) is 5.56 Å². The number of methoxy groups -OCH3 is 1. The molecule has 6 heteroatoms. The van der Waals surface area contributed by atoms with Gasteiger partial charge in [0, 0.05) is 12.5 Å². The molecule has 0 aliphatic rings. The van der Waals surface area contributed by atoms with Gasteiger partial charge in [-0.15, -0.1) is 10.2 Å². The summed E-state index contributed by atoms with van der Waals surface area (Å²) in [4.78, 5) is 11.5. The van der Waals surface area contributed by atoms with Gasteiger partial charge in [-0.3, -0.25) is 4.79 Å². The SMILES string of the molecule is COc1ccc(C(C)(C)C)cc1-c1cccc(C(CC(=O)O)c2nnc(C)o2)c1. The van der Waals surface area contributed by atoms with Crippen LogP contribution in [0.5, 0.6) is 5.75 Å². The van der Waals surface area contributed by atoms with Crippen LogP contribution in [-0.2, 0) is 10.2 Å². The lowest BCUT2D eigenvalue weighted by atomic mass is 9.84. The Bertz CT molecular complexity index is 1020. The molecule has 3 rings (SSSR count). The van der Waals surface area contributed by atoms with E-state index >= 15 is 0 Å². The molecule has 0 bridgehead atoms. The summed E-state index contributed by atoms with van der Waals surface area (Å²) >= 11 is 0. The predicted octanol–water partition coefficient (Wildman–Crippen LogP) is 4.96. The highest BCUT2D eigenvalue weighted by molar-refractivity contribution is 5.73. The minimum Gasteiger partial charge on any atom is -0.496 e. The van der Waals surface area contributed by atoms with Crippen LogP contribution in [0.1, 0.15) is 56.0 Å². The molecular weight excluding hydrogens is 368 g/mol. The summed E-state index contributed by atoms with van der Waals surface area (Å²) in [6.45, 7) is 8.18. The fourth-order valence-corrected chi connectivity index (χ4v) is 3.30. The van der Waals surface area contributed by atoms with Gasteiger partial charge in [-0.1, -0.05) is 51.1 Å². The van der Waals surface area contributed by atoms with Crippen molar-refractivity contribution in [2.24, 2.45) is 0 Å². The molecule has 6 nitrogen and oxygen atoms in total. The topological polar surface area (TPSA) is 85.5 Å². The maximum absolute atomic E-state index is 11.5. The van der Waals surface area contributed by atoms with Gasteiger partial charge in [-0.05, 0) is 34.2 Å². The highest BCUT2D eigenvalue weighted by atomic mass is 16.5. The summed E-state index contributed by atoms with van der Waals surface area (Å²) in [6, 6.07) is 13.9. The summed E-state index contributed by atoms with van der Waals surface area (Å²) in [5.74, 6) is 0.0242. The lowest BCUT2D eigenvalue weighted by Gasteiger charge is -2.21. The van der Waals surface area contributed by atoms with Crippen LogP contribution in [0.25, 0.3) is 11.1 Å². The first-order valence-electron chi connectivity index (χ1n) is 9.49. The zero-order valence-electron chi connectivity index (χ0n) is 17.4. The molecule has 1 atom stereocenters. The van der Waals surface area contributed by atoms with E-state index < -0.39 is 11.9 Å². The Kier molecular flexibility index (Phi) is 5.73. The van der Waals surface area contributed by atoms with Crippen LogP contribution in [-0.4, -0.2) is 28.4 Å². The number of hydrogen-bond acceptors (Lipinski definition) is 5. The molecule has 0 saturated heterocycles. The molecular formula is C23H26N2O4. The molecule has 0 aliphatic heterocycles. The number of carbonyl (C=O) groups is 1. The molecule has 0 aliphatic carbocycles. The Hall–Kier alpha value is -3.15. The number of nitrogens with zero attached hydrogens (tertiary/aromatic N) is 2. The maximum atomic E-state index is 11.5. The number of hydrogen-bond donors (Lipinski definition) is 1. The van der Waals surface area contributed by atoms with Crippen molar-refractivity contribution in [2.75, 3.05) is 7.11 Å². The second kappa shape index (κ2) is 8.07. The number of carboxylic acids is 1. The van der Waals surface area contributed by atoms with E-state index in [2.05, 4.69) is 43.1 Å². The predicted molar refractivity (Wildman–Crippen MR) is 110 cm³/mol. The minimum absolute atomic E-state index is 0.00818. The molecule has 152 valence electrons. The molecule has 29 heavy (non-hydrogen) atoms. The van der Waals surface area contributed by atoms with Gasteiger partial charge in [0.25, 0.3) is 0 Å². The molecule has 1 heterocycles. The quantitative estimate of drug-likeness (QED) is 0.636. The first-order valence-corrected chi connectivity index (χ1v) is 9.49. The largest absolute Gasteiger partial charge is 0.496 e. The average Bonchev–Trinajstić information content (AvgIpc) is 3.11. The van der Waals surface area contributed by atoms with Crippen molar-refractivity contribution in [1.29, 1.82) is 0 Å². The van der Waals surface area contributed by atoms with Crippen LogP contribution < -0.4 is 4.74 Å². The van der Waals surface area contributed by atoms with E-state index in [-0.39, 0.29) is 11.8 Å². The molecule has 1 N–H and O–H groups in total. The Morgan fingerprint density at radius 3 is 2.52 bits per heavy atom. The molecule has 2 aromatic carbocycles. The van der Waals surface area contributed by atoms with E-state index in [0.717, 1.165) is 22.4 Å². The number of benzene rings is 2. The first kappa shape index (κ1) is 20.6. The highest BCUT2D eigenvalue weighted by Crippen LogP contribution is 2.37. The zero-order valence-corrected chi connectivity index (χ0v) is 17.4. The lowest BCUT2D eigenvalue weighted by Crippen LogP contribution is -2.11. The van der Waals surface area contributed by atoms with E-state index in [9.17, 15) is 9.90 Å². The second-order valence-electron chi connectivity index (χ2n) is 8.10. The van der Waals surface area contributed by atoms with E-state index in [1.807, 2.05) is 30.3 Å². The molecule has 0 spiro atoms. The fraction of sp³-hybridized carbons (Fsp3) is 0.348. The van der Waals surface area contributed by atoms with Crippen LogP contribution >= 0.6 is 0 Å². The van der Waals surface area contributed by atoms with Crippen molar-refractivity contribution in [1.82, 2.24) is 10.2 Å². The average molecular weight is 394 g/mol. The summed E-state index contributed by atoms with van der Waals surface area (Å²) < 4.78 is 11.1. The third-order valence-corrected chi connectivity index (χ3v) is 4.88. The van der Waals surface area contributed by atoms with Gasteiger partial charge in [0.05, 0.1) is 19.4 Å².